The highest BCUT2D eigenvalue weighted by Gasteiger charge is 2.18. The molecule has 0 aliphatic carbocycles. The molecule has 1 atom stereocenters. The van der Waals surface area contributed by atoms with E-state index in [1.807, 2.05) is 36.4 Å². The van der Waals surface area contributed by atoms with Crippen LogP contribution in [0.1, 0.15) is 12.5 Å². The molecule has 30 heavy (non-hydrogen) atoms. The molecule has 0 spiro atoms. The third kappa shape index (κ3) is 3.94. The second kappa shape index (κ2) is 8.23. The summed E-state index contributed by atoms with van der Waals surface area (Å²) in [7, 11) is 0. The Bertz CT molecular complexity index is 1310. The predicted octanol–water partition coefficient (Wildman–Crippen LogP) is 3.10. The lowest BCUT2D eigenvalue weighted by atomic mass is 10.2. The quantitative estimate of drug-likeness (QED) is 0.381. The van der Waals surface area contributed by atoms with Crippen LogP contribution in [0, 0.1) is 11.3 Å². The number of hydrogen-bond acceptors (Lipinski definition) is 6. The highest BCUT2D eigenvalue weighted by Crippen LogP contribution is 2.22. The van der Waals surface area contributed by atoms with Crippen molar-refractivity contribution in [3.05, 3.63) is 76.7 Å². The molecule has 1 unspecified atom stereocenters. The van der Waals surface area contributed by atoms with Gasteiger partial charge in [-0.2, -0.15) is 10.4 Å². The number of anilines is 1. The van der Waals surface area contributed by atoms with E-state index in [0.29, 0.717) is 27.4 Å². The number of carbonyl (C=O) groups excluding carboxylic acids is 1. The summed E-state index contributed by atoms with van der Waals surface area (Å²) in [5.74, 6) is -0.246. The summed E-state index contributed by atoms with van der Waals surface area (Å²) in [5.41, 5.74) is 2.00. The number of fused-ring (bicyclic) bond motifs is 1. The van der Waals surface area contributed by atoms with Crippen molar-refractivity contribution in [2.24, 2.45) is 0 Å². The van der Waals surface area contributed by atoms with Gasteiger partial charge < -0.3 is 10.3 Å². The monoisotopic (exact) mass is 416 g/mol. The van der Waals surface area contributed by atoms with Gasteiger partial charge in [0, 0.05) is 5.69 Å². The minimum Gasteiger partial charge on any atom is -0.325 e. The van der Waals surface area contributed by atoms with E-state index < -0.39 is 5.25 Å². The van der Waals surface area contributed by atoms with Crippen LogP contribution in [0.5, 0.6) is 0 Å². The number of hydrogen-bond donors (Lipinski definition) is 2. The zero-order valence-corrected chi connectivity index (χ0v) is 16.7. The van der Waals surface area contributed by atoms with E-state index in [1.165, 1.54) is 6.20 Å². The van der Waals surface area contributed by atoms with Gasteiger partial charge in [0.2, 0.25) is 5.91 Å². The van der Waals surface area contributed by atoms with E-state index in [1.54, 1.807) is 35.9 Å². The average Bonchev–Trinajstić information content (AvgIpc) is 3.19. The first-order valence-corrected chi connectivity index (χ1v) is 9.94. The number of aromatic amines is 1. The first kappa shape index (κ1) is 19.4. The number of carbonyl (C=O) groups is 1. The normalized spacial score (nSPS) is 11.7. The Labute approximate surface area is 175 Å². The lowest BCUT2D eigenvalue weighted by Gasteiger charge is -2.11. The minimum absolute atomic E-state index is 0.246. The number of aromatic nitrogens is 4. The molecule has 2 aromatic carbocycles. The Kier molecular flexibility index (Phi) is 5.32. The maximum Gasteiger partial charge on any atom is 0.262 e. The molecule has 0 saturated carbocycles. The summed E-state index contributed by atoms with van der Waals surface area (Å²) >= 11 is 1.14. The molecule has 0 fully saturated rings. The molecule has 0 aliphatic rings. The average molecular weight is 416 g/mol. The summed E-state index contributed by atoms with van der Waals surface area (Å²) in [5, 5.41) is 16.1. The van der Waals surface area contributed by atoms with Gasteiger partial charge in [-0.05, 0) is 43.3 Å². The molecule has 1 amide bonds. The Balaban J connectivity index is 1.56. The maximum absolute atomic E-state index is 12.5. The number of nitrogens with zero attached hydrogens (tertiary/aromatic N) is 4. The predicted molar refractivity (Wildman–Crippen MR) is 115 cm³/mol. The van der Waals surface area contributed by atoms with Gasteiger partial charge in [0.1, 0.15) is 5.39 Å². The largest absolute Gasteiger partial charge is 0.325 e. The van der Waals surface area contributed by atoms with Crippen molar-refractivity contribution in [2.75, 3.05) is 5.32 Å². The van der Waals surface area contributed by atoms with Gasteiger partial charge in [-0.3, -0.25) is 9.59 Å². The van der Waals surface area contributed by atoms with Crippen molar-refractivity contribution >= 4 is 34.4 Å². The summed E-state index contributed by atoms with van der Waals surface area (Å²) < 4.78 is 1.59. The lowest BCUT2D eigenvalue weighted by Crippen LogP contribution is -2.23. The molecule has 0 radical (unpaired) electrons. The van der Waals surface area contributed by atoms with Crippen LogP contribution in [-0.4, -0.2) is 30.9 Å². The Hall–Kier alpha value is -3.90. The smallest absolute Gasteiger partial charge is 0.262 e. The van der Waals surface area contributed by atoms with Crippen LogP contribution in [0.2, 0.25) is 0 Å². The summed E-state index contributed by atoms with van der Waals surface area (Å²) in [6.45, 7) is 1.72. The third-order valence-corrected chi connectivity index (χ3v) is 5.34. The van der Waals surface area contributed by atoms with E-state index in [0.717, 1.165) is 17.4 Å². The van der Waals surface area contributed by atoms with Crippen molar-refractivity contribution in [1.29, 1.82) is 5.26 Å². The second-order valence-corrected chi connectivity index (χ2v) is 7.77. The van der Waals surface area contributed by atoms with Crippen LogP contribution in [-0.2, 0) is 4.79 Å². The van der Waals surface area contributed by atoms with Crippen LogP contribution < -0.4 is 10.9 Å². The number of H-pyrrole nitrogens is 1. The molecule has 0 aliphatic heterocycles. The highest BCUT2D eigenvalue weighted by molar-refractivity contribution is 8.00. The molecule has 148 valence electrons. The summed E-state index contributed by atoms with van der Waals surface area (Å²) in [6.07, 6.45) is 1.48. The molecule has 2 aromatic heterocycles. The van der Waals surface area contributed by atoms with Gasteiger partial charge in [-0.25, -0.2) is 9.67 Å². The Morgan fingerprint density at radius 2 is 1.93 bits per heavy atom. The first-order chi connectivity index (χ1) is 14.5. The van der Waals surface area contributed by atoms with Gasteiger partial charge in [-0.1, -0.05) is 30.0 Å². The molecule has 8 nitrogen and oxygen atoms in total. The van der Waals surface area contributed by atoms with Gasteiger partial charge in [0.15, 0.2) is 10.8 Å². The summed E-state index contributed by atoms with van der Waals surface area (Å²) in [6, 6.07) is 18.0. The van der Waals surface area contributed by atoms with Crippen molar-refractivity contribution in [3.63, 3.8) is 0 Å². The van der Waals surface area contributed by atoms with E-state index in [4.69, 9.17) is 5.26 Å². The molecule has 4 rings (SSSR count). The molecule has 0 saturated heterocycles. The fourth-order valence-corrected chi connectivity index (χ4v) is 3.60. The maximum atomic E-state index is 12.5. The Morgan fingerprint density at radius 1 is 1.20 bits per heavy atom. The Morgan fingerprint density at radius 3 is 2.63 bits per heavy atom. The van der Waals surface area contributed by atoms with E-state index in [2.05, 4.69) is 20.4 Å². The highest BCUT2D eigenvalue weighted by atomic mass is 32.2. The van der Waals surface area contributed by atoms with Crippen molar-refractivity contribution in [1.82, 2.24) is 19.7 Å². The van der Waals surface area contributed by atoms with Crippen molar-refractivity contribution in [3.8, 4) is 11.8 Å². The molecular weight excluding hydrogens is 400 g/mol. The fourth-order valence-electron chi connectivity index (χ4n) is 2.81. The standard InChI is InChI=1S/C21H16N6O2S/c1-13(19(28)24-15-9-7-14(11-22)8-10-15)30-21-25-18-17(20(29)26-21)12-23-27(18)16-5-3-2-4-6-16/h2-10,12-13H,1H3,(H,24,28)(H,25,26,29). The van der Waals surface area contributed by atoms with Crippen LogP contribution in [0.3, 0.4) is 0 Å². The third-order valence-electron chi connectivity index (χ3n) is 4.36. The number of thioether (sulfide) groups is 1. The lowest BCUT2D eigenvalue weighted by molar-refractivity contribution is -0.115. The molecular formula is C21H16N6O2S. The number of para-hydroxylation sites is 1. The number of nitrogens with one attached hydrogen (secondary N) is 2. The van der Waals surface area contributed by atoms with Crippen molar-refractivity contribution < 1.29 is 4.79 Å². The first-order valence-electron chi connectivity index (χ1n) is 9.06. The van der Waals surface area contributed by atoms with Crippen molar-refractivity contribution in [2.45, 2.75) is 17.3 Å². The zero-order valence-electron chi connectivity index (χ0n) is 15.9. The number of nitriles is 1. The zero-order chi connectivity index (χ0) is 21.1. The molecule has 4 aromatic rings. The minimum atomic E-state index is -0.519. The van der Waals surface area contributed by atoms with Gasteiger partial charge in [0.25, 0.3) is 5.56 Å². The van der Waals surface area contributed by atoms with E-state index in [-0.39, 0.29) is 11.5 Å². The second-order valence-electron chi connectivity index (χ2n) is 6.44. The van der Waals surface area contributed by atoms with Gasteiger partial charge in [0.05, 0.1) is 28.8 Å². The van der Waals surface area contributed by atoms with Crippen LogP contribution >= 0.6 is 11.8 Å². The van der Waals surface area contributed by atoms with E-state index >= 15 is 0 Å². The van der Waals surface area contributed by atoms with Crippen LogP contribution in [0.15, 0.2) is 70.7 Å². The number of rotatable bonds is 5. The summed E-state index contributed by atoms with van der Waals surface area (Å²) in [4.78, 5) is 32.2. The topological polar surface area (TPSA) is 116 Å². The van der Waals surface area contributed by atoms with Gasteiger partial charge >= 0.3 is 0 Å². The number of amides is 1. The van der Waals surface area contributed by atoms with E-state index in [9.17, 15) is 9.59 Å². The molecule has 2 N–H and O–H groups in total. The fraction of sp³-hybridized carbons (Fsp3) is 0.0952. The van der Waals surface area contributed by atoms with Gasteiger partial charge in [-0.15, -0.1) is 0 Å². The van der Waals surface area contributed by atoms with Crippen LogP contribution in [0.4, 0.5) is 5.69 Å². The molecule has 2 heterocycles. The molecule has 0 bridgehead atoms. The molecule has 9 heteroatoms. The van der Waals surface area contributed by atoms with Crippen LogP contribution in [0.25, 0.3) is 16.7 Å². The number of benzene rings is 2. The SMILES string of the molecule is CC(Sc1nc2c(cnn2-c2ccccc2)c(=O)[nH]1)C(=O)Nc1ccc(C#N)cc1.